The smallest absolute Gasteiger partial charge is 0.408 e. The highest BCUT2D eigenvalue weighted by molar-refractivity contribution is 8.08. The number of esters is 1. The van der Waals surface area contributed by atoms with Crippen LogP contribution in [0.1, 0.15) is 82.3 Å². The predicted molar refractivity (Wildman–Crippen MR) is 277 cm³/mol. The summed E-state index contributed by atoms with van der Waals surface area (Å²) in [5.74, 6) is -3.45. The van der Waals surface area contributed by atoms with Gasteiger partial charge in [-0.3, -0.25) is 13.9 Å². The number of nitrogens with two attached hydrogens (primary N) is 3. The molecule has 0 saturated carbocycles. The van der Waals surface area contributed by atoms with Crippen molar-refractivity contribution in [2.24, 2.45) is 5.73 Å². The molecule has 0 amide bonds. The number of nitrogen functional groups attached to an aromatic ring is 2. The highest BCUT2D eigenvalue weighted by Gasteiger charge is 2.47. The van der Waals surface area contributed by atoms with E-state index in [1.54, 1.807) is 43.2 Å². The molecule has 1 unspecified atom stereocenters. The van der Waals surface area contributed by atoms with Crippen LogP contribution in [0.4, 0.5) is 24.8 Å². The van der Waals surface area contributed by atoms with Gasteiger partial charge in [0.15, 0.2) is 22.9 Å². The highest BCUT2D eigenvalue weighted by Crippen LogP contribution is 2.56. The van der Waals surface area contributed by atoms with Crippen molar-refractivity contribution in [3.05, 3.63) is 96.1 Å². The fourth-order valence-electron chi connectivity index (χ4n) is 6.32. The number of benzene rings is 2. The molecule has 2 aromatic carbocycles. The SMILES string of the molecule is CCCOC(=O)C(C)(C)NP(=O)(CO[C@H](C)Cn1cnc2c(N)ncnc21)N[C@H](c1ccc(C)cc1)C(F)(F)F.C[C@H](Cn1cnc2c(N)ncnc21)OCP(=O)(Cl)Cl.Cc1ccc([C@H](C)N)cc1.Cl.Cl. The molecule has 5 atom stereocenters. The van der Waals surface area contributed by atoms with E-state index in [1.807, 2.05) is 6.92 Å². The summed E-state index contributed by atoms with van der Waals surface area (Å²) in [5.41, 5.74) is 20.7. The van der Waals surface area contributed by atoms with Crippen molar-refractivity contribution in [2.45, 2.75) is 111 Å². The summed E-state index contributed by atoms with van der Waals surface area (Å²) < 4.78 is 87.7. The number of rotatable bonds is 19. The highest BCUT2D eigenvalue weighted by atomic mass is 35.9. The molecule has 4 heterocycles. The lowest BCUT2D eigenvalue weighted by Crippen LogP contribution is -2.50. The molecule has 0 bridgehead atoms. The van der Waals surface area contributed by atoms with Crippen LogP contribution in [0.25, 0.3) is 22.3 Å². The third-order valence-corrected chi connectivity index (χ3v) is 13.0. The molecule has 394 valence electrons. The Morgan fingerprint density at radius 3 is 1.59 bits per heavy atom. The Bertz CT molecular complexity index is 2700. The number of carbonyl (C=O) groups excluding carboxylic acids is 1. The second kappa shape index (κ2) is 27.8. The Balaban J connectivity index is 0.000000457. The number of ether oxygens (including phenoxy) is 3. The average molecular weight is 1120 g/mol. The molecular weight excluding hydrogens is 1060 g/mol. The van der Waals surface area contributed by atoms with Crippen LogP contribution in [0.2, 0.25) is 0 Å². The molecular formula is C43H62Cl4F3N13O6P2. The van der Waals surface area contributed by atoms with E-state index in [0.717, 1.165) is 5.56 Å². The minimum atomic E-state index is -4.81. The summed E-state index contributed by atoms with van der Waals surface area (Å²) in [7, 11) is -4.27. The minimum Gasteiger partial charge on any atom is -0.464 e. The zero-order valence-corrected chi connectivity index (χ0v) is 45.3. The summed E-state index contributed by atoms with van der Waals surface area (Å²) in [6.07, 6.45) is -0.294. The van der Waals surface area contributed by atoms with Crippen molar-refractivity contribution >= 4 is 101 Å². The molecule has 0 aliphatic rings. The van der Waals surface area contributed by atoms with Crippen LogP contribution in [0, 0.1) is 13.8 Å². The van der Waals surface area contributed by atoms with Gasteiger partial charge in [-0.15, -0.1) is 24.8 Å². The van der Waals surface area contributed by atoms with Gasteiger partial charge in [0.05, 0.1) is 44.6 Å². The minimum absolute atomic E-state index is 0. The summed E-state index contributed by atoms with van der Waals surface area (Å²) >= 11 is 10.8. The fourth-order valence-corrected chi connectivity index (χ4v) is 9.46. The number of aromatic nitrogens is 8. The molecule has 8 N–H and O–H groups in total. The van der Waals surface area contributed by atoms with Crippen LogP contribution in [0.5, 0.6) is 0 Å². The lowest BCUT2D eigenvalue weighted by molar-refractivity contribution is -0.153. The van der Waals surface area contributed by atoms with Crippen molar-refractivity contribution in [3.63, 3.8) is 0 Å². The lowest BCUT2D eigenvalue weighted by Gasteiger charge is -2.34. The van der Waals surface area contributed by atoms with Crippen LogP contribution >= 0.6 is 60.6 Å². The van der Waals surface area contributed by atoms with E-state index in [-0.39, 0.29) is 67.8 Å². The maximum absolute atomic E-state index is 14.3. The number of nitrogens with zero attached hydrogens (tertiary/aromatic N) is 8. The summed E-state index contributed by atoms with van der Waals surface area (Å²) in [4.78, 5) is 37.0. The van der Waals surface area contributed by atoms with E-state index in [2.05, 4.69) is 71.3 Å². The zero-order valence-electron chi connectivity index (χ0n) is 40.3. The predicted octanol–water partition coefficient (Wildman–Crippen LogP) is 9.79. The van der Waals surface area contributed by atoms with Gasteiger partial charge in [-0.25, -0.2) is 40.1 Å². The average Bonchev–Trinajstić information content (AvgIpc) is 3.88. The topological polar surface area (TPSA) is 268 Å². The van der Waals surface area contributed by atoms with Gasteiger partial charge in [-0.1, -0.05) is 66.6 Å². The van der Waals surface area contributed by atoms with Crippen molar-refractivity contribution in [1.82, 2.24) is 49.2 Å². The number of halogens is 7. The maximum atomic E-state index is 14.3. The third-order valence-electron chi connectivity index (χ3n) is 9.90. The normalized spacial score (nSPS) is 14.3. The van der Waals surface area contributed by atoms with Crippen LogP contribution in [0.15, 0.2) is 73.8 Å². The first-order chi connectivity index (χ1) is 32.2. The molecule has 71 heavy (non-hydrogen) atoms. The molecule has 0 aliphatic carbocycles. The zero-order chi connectivity index (χ0) is 51.3. The van der Waals surface area contributed by atoms with Gasteiger partial charge in [0.25, 0.3) is 5.85 Å². The standard InChI is InChI=1S/C25H35F3N7O4P.C9H12Cl2N5O2P.C9H13N.2ClH/c1-6-11-38-23(36)24(4,5)34-40(37,33-20(25(26,27)28)18-9-7-16(2)8-10-18)15-39-17(3)12-35-14-32-19-21(29)30-13-31-22(19)35;1-6(18-5-19(10,11)17)2-16-4-15-7-8(12)13-3-14-9(7)16;1-7-3-5-9(6-4-7)8(2)10;;/h7-10,13-14,17,20H,6,11-12,15H2,1-5H3,(H2,29,30,31)(H2,33,34,37);3-4,6H,2,5H2,1H3,(H2,12,13,14);3-6,8H,10H2,1-2H3;2*1H/t17-,20-,40?;6-;8-;;/m110../s1. The summed E-state index contributed by atoms with van der Waals surface area (Å²) in [5, 5.41) is 4.86. The monoisotopic (exact) mass is 1120 g/mol. The van der Waals surface area contributed by atoms with Crippen molar-refractivity contribution in [2.75, 3.05) is 30.8 Å². The molecule has 28 heteroatoms. The van der Waals surface area contributed by atoms with Gasteiger partial charge in [0.2, 0.25) is 7.44 Å². The van der Waals surface area contributed by atoms with E-state index in [9.17, 15) is 27.1 Å². The van der Waals surface area contributed by atoms with Crippen molar-refractivity contribution in [3.8, 4) is 0 Å². The van der Waals surface area contributed by atoms with Crippen LogP contribution < -0.4 is 27.4 Å². The van der Waals surface area contributed by atoms with Crippen molar-refractivity contribution < 1.29 is 41.3 Å². The Morgan fingerprint density at radius 2 is 1.18 bits per heavy atom. The Morgan fingerprint density at radius 1 is 0.746 bits per heavy atom. The number of aryl methyl sites for hydroxylation is 2. The number of anilines is 2. The van der Waals surface area contributed by atoms with E-state index >= 15 is 0 Å². The Hall–Kier alpha value is -4.18. The largest absolute Gasteiger partial charge is 0.464 e. The summed E-state index contributed by atoms with van der Waals surface area (Å²) in [6, 6.07) is 11.8. The molecule has 6 rings (SSSR count). The van der Waals surface area contributed by atoms with E-state index in [4.69, 9.17) is 53.9 Å². The van der Waals surface area contributed by atoms with Gasteiger partial charge in [-0.2, -0.15) is 13.2 Å². The van der Waals surface area contributed by atoms with Crippen molar-refractivity contribution in [1.29, 1.82) is 0 Å². The van der Waals surface area contributed by atoms with Gasteiger partial charge < -0.3 is 40.5 Å². The van der Waals surface area contributed by atoms with Crippen LogP contribution in [-0.2, 0) is 41.2 Å². The quantitative estimate of drug-likeness (QED) is 0.0373. The summed E-state index contributed by atoms with van der Waals surface area (Å²) in [6.45, 7) is 14.6. The number of hydrogen-bond donors (Lipinski definition) is 5. The molecule has 0 spiro atoms. The number of carbonyl (C=O) groups is 1. The Labute approximate surface area is 432 Å². The maximum Gasteiger partial charge on any atom is 0.408 e. The number of hydrogen-bond acceptors (Lipinski definition) is 15. The number of nitrogens with one attached hydrogen (secondary N) is 2. The lowest BCUT2D eigenvalue weighted by atomic mass is 10.1. The fraction of sp³-hybridized carbons (Fsp3) is 0.465. The third kappa shape index (κ3) is 19.6. The second-order valence-electron chi connectivity index (χ2n) is 16.8. The molecule has 19 nitrogen and oxygen atoms in total. The number of alkyl halides is 3. The van der Waals surface area contributed by atoms with Crippen LogP contribution in [-0.4, -0.2) is 88.2 Å². The first kappa shape index (κ1) is 62.9. The Kier molecular flexibility index (Phi) is 24.6. The molecule has 0 fully saturated rings. The van der Waals surface area contributed by atoms with Gasteiger partial charge >= 0.3 is 12.1 Å². The van der Waals surface area contributed by atoms with E-state index < -0.39 is 49.5 Å². The molecule has 0 saturated heterocycles. The van der Waals surface area contributed by atoms with E-state index in [0.29, 0.717) is 41.1 Å². The molecule has 4 aromatic heterocycles. The number of fused-ring (bicyclic) bond motifs is 2. The van der Waals surface area contributed by atoms with Gasteiger partial charge in [0, 0.05) is 6.04 Å². The van der Waals surface area contributed by atoms with Gasteiger partial charge in [0.1, 0.15) is 48.0 Å². The molecule has 0 aliphatic heterocycles. The first-order valence-corrected chi connectivity index (χ1v) is 27.1. The molecule has 6 aromatic rings. The van der Waals surface area contributed by atoms with Gasteiger partial charge in [-0.05, 0) is 88.5 Å². The number of imidazole rings is 2. The van der Waals surface area contributed by atoms with Crippen LogP contribution in [0.3, 0.4) is 0 Å². The van der Waals surface area contributed by atoms with E-state index in [1.165, 1.54) is 68.2 Å². The first-order valence-electron chi connectivity index (χ1n) is 21.5. The molecule has 0 radical (unpaired) electrons. The second-order valence-corrected chi connectivity index (χ2v) is 24.2.